The molecule has 0 bridgehead atoms. The van der Waals surface area contributed by atoms with Crippen LogP contribution in [0.2, 0.25) is 0 Å². The van der Waals surface area contributed by atoms with E-state index in [0.717, 1.165) is 60.2 Å². The van der Waals surface area contributed by atoms with Crippen molar-refractivity contribution in [3.8, 4) is 56.7 Å². The van der Waals surface area contributed by atoms with E-state index in [4.69, 9.17) is 19.9 Å². The Balaban J connectivity index is 1.12. The van der Waals surface area contributed by atoms with Crippen LogP contribution in [0.3, 0.4) is 0 Å². The first-order valence-electron chi connectivity index (χ1n) is 15.3. The smallest absolute Gasteiger partial charge is 0.164 e. The van der Waals surface area contributed by atoms with Crippen LogP contribution < -0.4 is 0 Å². The molecule has 9 rings (SSSR count). The highest BCUT2D eigenvalue weighted by molar-refractivity contribution is 7.25. The minimum Gasteiger partial charge on any atom is -0.254 e. The standard InChI is InChI=1S/C40H24N6S/c1-3-10-26(11-4-1)37-42-38(27-12-5-2-6-13-27)44-39(43-37)28-20-18-25(19-21-28)29-15-9-16-32-30(29)22-23-41-36(32)34-24-33-31-14-7-8-17-35(31)47-40(33)46-45-34/h1-24H. The van der Waals surface area contributed by atoms with Gasteiger partial charge in [-0.2, -0.15) is 0 Å². The molecule has 0 amide bonds. The number of aromatic nitrogens is 6. The average Bonchev–Trinajstić information content (AvgIpc) is 3.53. The van der Waals surface area contributed by atoms with Gasteiger partial charge in [0.2, 0.25) is 0 Å². The number of benzene rings is 5. The van der Waals surface area contributed by atoms with E-state index < -0.39 is 0 Å². The lowest BCUT2D eigenvalue weighted by Gasteiger charge is -2.11. The highest BCUT2D eigenvalue weighted by atomic mass is 32.1. The second-order valence-electron chi connectivity index (χ2n) is 11.2. The molecule has 0 aliphatic carbocycles. The average molecular weight is 621 g/mol. The molecule has 5 aromatic carbocycles. The molecule has 0 unspecified atom stereocenters. The molecule has 9 aromatic rings. The Morgan fingerprint density at radius 3 is 1.72 bits per heavy atom. The first-order valence-corrected chi connectivity index (χ1v) is 16.1. The van der Waals surface area contributed by atoms with Crippen molar-refractivity contribution in [2.24, 2.45) is 0 Å². The quantitative estimate of drug-likeness (QED) is 0.191. The van der Waals surface area contributed by atoms with Crippen molar-refractivity contribution in [2.75, 3.05) is 0 Å². The first-order chi connectivity index (χ1) is 23.3. The van der Waals surface area contributed by atoms with E-state index in [2.05, 4.69) is 89.1 Å². The van der Waals surface area contributed by atoms with Crippen LogP contribution in [-0.4, -0.2) is 30.1 Å². The molecule has 0 atom stereocenters. The topological polar surface area (TPSA) is 77.3 Å². The van der Waals surface area contributed by atoms with Crippen molar-refractivity contribution >= 4 is 42.4 Å². The third-order valence-electron chi connectivity index (χ3n) is 8.35. The van der Waals surface area contributed by atoms with Gasteiger partial charge in [-0.05, 0) is 34.7 Å². The molecule has 4 heterocycles. The molecule has 0 aliphatic heterocycles. The van der Waals surface area contributed by atoms with Crippen LogP contribution in [0.15, 0.2) is 146 Å². The van der Waals surface area contributed by atoms with Crippen LogP contribution in [0.5, 0.6) is 0 Å². The second-order valence-corrected chi connectivity index (χ2v) is 12.3. The Bertz CT molecular complexity index is 2510. The summed E-state index contributed by atoms with van der Waals surface area (Å²) in [4.78, 5) is 20.3. The normalized spacial score (nSPS) is 11.4. The van der Waals surface area contributed by atoms with Gasteiger partial charge in [0.05, 0.1) is 5.69 Å². The molecule has 4 aromatic heterocycles. The van der Waals surface area contributed by atoms with Crippen LogP contribution >= 0.6 is 11.3 Å². The van der Waals surface area contributed by atoms with Gasteiger partial charge in [0.25, 0.3) is 0 Å². The summed E-state index contributed by atoms with van der Waals surface area (Å²) in [6.07, 6.45) is 1.86. The SMILES string of the molecule is c1ccc(-c2nc(-c3ccccc3)nc(-c3ccc(-c4cccc5c(-c6cc7c(nn6)sc6ccccc67)nccc45)cc3)n2)cc1. The van der Waals surface area contributed by atoms with Crippen molar-refractivity contribution in [3.05, 3.63) is 146 Å². The van der Waals surface area contributed by atoms with Gasteiger partial charge in [-0.15, -0.1) is 21.5 Å². The first kappa shape index (κ1) is 27.2. The van der Waals surface area contributed by atoms with Crippen LogP contribution in [0, 0.1) is 0 Å². The molecule has 0 saturated carbocycles. The van der Waals surface area contributed by atoms with Crippen molar-refractivity contribution in [1.82, 2.24) is 30.1 Å². The van der Waals surface area contributed by atoms with Crippen LogP contribution in [-0.2, 0) is 0 Å². The summed E-state index contributed by atoms with van der Waals surface area (Å²) in [6.45, 7) is 0. The number of rotatable bonds is 5. The van der Waals surface area contributed by atoms with Gasteiger partial charge in [-0.3, -0.25) is 4.98 Å². The van der Waals surface area contributed by atoms with Crippen molar-refractivity contribution in [2.45, 2.75) is 0 Å². The molecular formula is C40H24N6S. The van der Waals surface area contributed by atoms with Gasteiger partial charge in [0.15, 0.2) is 17.5 Å². The van der Waals surface area contributed by atoms with Crippen LogP contribution in [0.25, 0.3) is 87.8 Å². The number of thiophene rings is 1. The van der Waals surface area contributed by atoms with Gasteiger partial charge in [0, 0.05) is 43.7 Å². The number of hydrogen-bond donors (Lipinski definition) is 0. The molecule has 0 spiro atoms. The molecule has 0 fully saturated rings. The fourth-order valence-electron chi connectivity index (χ4n) is 6.05. The summed E-state index contributed by atoms with van der Waals surface area (Å²) in [6, 6.07) is 47.4. The molecule has 47 heavy (non-hydrogen) atoms. The van der Waals surface area contributed by atoms with Gasteiger partial charge in [-0.25, -0.2) is 15.0 Å². The van der Waals surface area contributed by atoms with E-state index in [1.54, 1.807) is 11.3 Å². The minimum absolute atomic E-state index is 0.628. The maximum Gasteiger partial charge on any atom is 0.164 e. The summed E-state index contributed by atoms with van der Waals surface area (Å²) in [5.74, 6) is 1.91. The zero-order valence-electron chi connectivity index (χ0n) is 24.9. The van der Waals surface area contributed by atoms with E-state index in [-0.39, 0.29) is 0 Å². The fourth-order valence-corrected chi connectivity index (χ4v) is 7.05. The van der Waals surface area contributed by atoms with E-state index in [1.165, 1.54) is 10.1 Å². The van der Waals surface area contributed by atoms with E-state index in [1.807, 2.05) is 66.9 Å². The third kappa shape index (κ3) is 4.90. The second kappa shape index (κ2) is 11.3. The molecule has 220 valence electrons. The van der Waals surface area contributed by atoms with Crippen molar-refractivity contribution in [3.63, 3.8) is 0 Å². The lowest BCUT2D eigenvalue weighted by Crippen LogP contribution is -2.00. The van der Waals surface area contributed by atoms with Gasteiger partial charge >= 0.3 is 0 Å². The third-order valence-corrected chi connectivity index (χ3v) is 9.42. The molecule has 0 saturated heterocycles. The fraction of sp³-hybridized carbons (Fsp3) is 0. The lowest BCUT2D eigenvalue weighted by molar-refractivity contribution is 1.07. The summed E-state index contributed by atoms with van der Waals surface area (Å²) >= 11 is 1.66. The summed E-state index contributed by atoms with van der Waals surface area (Å²) in [7, 11) is 0. The Kier molecular flexibility index (Phi) is 6.54. The Hall–Kier alpha value is -6.18. The zero-order valence-corrected chi connectivity index (χ0v) is 25.8. The van der Waals surface area contributed by atoms with Gasteiger partial charge < -0.3 is 0 Å². The Labute approximate surface area is 274 Å². The number of fused-ring (bicyclic) bond motifs is 4. The number of nitrogens with zero attached hydrogens (tertiary/aromatic N) is 6. The maximum absolute atomic E-state index is 4.89. The molecule has 0 aliphatic rings. The van der Waals surface area contributed by atoms with Crippen LogP contribution in [0.4, 0.5) is 0 Å². The molecule has 7 heteroatoms. The van der Waals surface area contributed by atoms with Gasteiger partial charge in [0.1, 0.15) is 10.5 Å². The predicted octanol–water partition coefficient (Wildman–Crippen LogP) is 9.91. The van der Waals surface area contributed by atoms with Crippen LogP contribution in [0.1, 0.15) is 0 Å². The monoisotopic (exact) mass is 620 g/mol. The minimum atomic E-state index is 0.628. The van der Waals surface area contributed by atoms with Gasteiger partial charge in [-0.1, -0.05) is 121 Å². The van der Waals surface area contributed by atoms with Crippen molar-refractivity contribution in [1.29, 1.82) is 0 Å². The summed E-state index contributed by atoms with van der Waals surface area (Å²) in [5.41, 5.74) is 6.58. The Morgan fingerprint density at radius 2 is 1.02 bits per heavy atom. The summed E-state index contributed by atoms with van der Waals surface area (Å²) in [5, 5.41) is 13.6. The van der Waals surface area contributed by atoms with E-state index in [0.29, 0.717) is 17.5 Å². The molecule has 0 N–H and O–H groups in total. The van der Waals surface area contributed by atoms with E-state index in [9.17, 15) is 0 Å². The highest BCUT2D eigenvalue weighted by Gasteiger charge is 2.15. The molecule has 0 radical (unpaired) electrons. The van der Waals surface area contributed by atoms with Crippen molar-refractivity contribution < 1.29 is 0 Å². The largest absolute Gasteiger partial charge is 0.254 e. The molecular weight excluding hydrogens is 597 g/mol. The summed E-state index contributed by atoms with van der Waals surface area (Å²) < 4.78 is 1.20. The van der Waals surface area contributed by atoms with E-state index >= 15 is 0 Å². The predicted molar refractivity (Wildman–Crippen MR) is 191 cm³/mol. The maximum atomic E-state index is 4.89. The zero-order chi connectivity index (χ0) is 31.2. The Morgan fingerprint density at radius 1 is 0.426 bits per heavy atom. The molecule has 6 nitrogen and oxygen atoms in total. The highest BCUT2D eigenvalue weighted by Crippen LogP contribution is 2.37. The lowest BCUT2D eigenvalue weighted by atomic mass is 9.96. The number of pyridine rings is 1. The number of hydrogen-bond acceptors (Lipinski definition) is 7.